The van der Waals surface area contributed by atoms with Crippen LogP contribution in [0.5, 0.6) is 0 Å². The van der Waals surface area contributed by atoms with Crippen LogP contribution in [0.2, 0.25) is 0 Å². The van der Waals surface area contributed by atoms with Gasteiger partial charge in [-0.25, -0.2) is 4.98 Å². The van der Waals surface area contributed by atoms with E-state index in [2.05, 4.69) is 211 Å². The van der Waals surface area contributed by atoms with E-state index in [-0.39, 0.29) is 0 Å². The molecule has 3 heterocycles. The minimum absolute atomic E-state index is 0.567. The first-order valence-electron chi connectivity index (χ1n) is 22.3. The monoisotopic (exact) mass is 840 g/mol. The zero-order valence-electron chi connectivity index (χ0n) is 35.5. The standard InChI is InChI=1S/C61H36N4O/c1-3-14-37(15-4-1)42-34-51(39-16-5-2-6-17-39)58-50-22-13-21-47-49(33-32-48(57(47)50)52(58)35-42)60-62-59(63-61(64-60)65-53-23-10-7-18-43(53)44-19-8-11-24-54(44)65)40-28-26-38(27-29-40)41-30-31-46-45-20-9-12-25-55(45)66-56(46)36-41/h1-36H. The van der Waals surface area contributed by atoms with Gasteiger partial charge in [-0.3, -0.25) is 4.57 Å². The van der Waals surface area contributed by atoms with Gasteiger partial charge in [-0.2, -0.15) is 9.97 Å². The zero-order chi connectivity index (χ0) is 43.3. The Morgan fingerprint density at radius 3 is 1.65 bits per heavy atom. The third kappa shape index (κ3) is 5.57. The Balaban J connectivity index is 0.962. The molecule has 66 heavy (non-hydrogen) atoms. The van der Waals surface area contributed by atoms with Gasteiger partial charge in [-0.1, -0.05) is 170 Å². The highest BCUT2D eigenvalue weighted by atomic mass is 16.3. The molecule has 0 atom stereocenters. The number of fused-ring (bicyclic) bond motifs is 9. The van der Waals surface area contributed by atoms with Crippen LogP contribution in [0.15, 0.2) is 223 Å². The molecule has 13 aromatic rings. The number of benzene rings is 10. The number of para-hydroxylation sites is 3. The van der Waals surface area contributed by atoms with Crippen LogP contribution in [0.1, 0.15) is 0 Å². The highest BCUT2D eigenvalue weighted by Gasteiger charge is 2.28. The number of rotatable bonds is 6. The molecule has 14 rings (SSSR count). The van der Waals surface area contributed by atoms with Crippen LogP contribution >= 0.6 is 0 Å². The van der Waals surface area contributed by atoms with Crippen LogP contribution in [0.25, 0.3) is 139 Å². The molecule has 0 aliphatic heterocycles. The fraction of sp³-hybridized carbons (Fsp3) is 0. The van der Waals surface area contributed by atoms with E-state index in [4.69, 9.17) is 19.4 Å². The first-order valence-corrected chi connectivity index (χ1v) is 22.3. The molecule has 0 bridgehead atoms. The van der Waals surface area contributed by atoms with E-state index < -0.39 is 0 Å². The molecule has 0 fully saturated rings. The Hall–Kier alpha value is -8.93. The SMILES string of the molecule is c1ccc(-c2cc(-c3ccccc3)c3c(c2)-c2ccc(-c4nc(-c5ccc(-c6ccc7c(c6)oc6ccccc67)cc5)nc(-n5c6ccccc6c6ccccc65)n4)c4cccc-3c24)cc1. The number of nitrogens with zero attached hydrogens (tertiary/aromatic N) is 4. The van der Waals surface area contributed by atoms with E-state index >= 15 is 0 Å². The van der Waals surface area contributed by atoms with E-state index in [1.165, 1.54) is 49.9 Å². The third-order valence-electron chi connectivity index (χ3n) is 13.4. The van der Waals surface area contributed by atoms with Gasteiger partial charge in [0.25, 0.3) is 0 Å². The van der Waals surface area contributed by atoms with Crippen LogP contribution < -0.4 is 0 Å². The van der Waals surface area contributed by atoms with E-state index in [9.17, 15) is 0 Å². The predicted octanol–water partition coefficient (Wildman–Crippen LogP) is 16.0. The molecule has 5 nitrogen and oxygen atoms in total. The molecule has 1 aliphatic rings. The Bertz CT molecular complexity index is 4040. The highest BCUT2D eigenvalue weighted by Crippen LogP contribution is 2.54. The topological polar surface area (TPSA) is 56.7 Å². The molecule has 1 aliphatic carbocycles. The van der Waals surface area contributed by atoms with Gasteiger partial charge in [-0.15, -0.1) is 0 Å². The zero-order valence-corrected chi connectivity index (χ0v) is 35.5. The van der Waals surface area contributed by atoms with Gasteiger partial charge >= 0.3 is 0 Å². The fourth-order valence-corrected chi connectivity index (χ4v) is 10.4. The lowest BCUT2D eigenvalue weighted by atomic mass is 9.89. The number of aromatic nitrogens is 4. The molecule has 5 heteroatoms. The lowest BCUT2D eigenvalue weighted by molar-refractivity contribution is 0.669. The summed E-state index contributed by atoms with van der Waals surface area (Å²) in [5.41, 5.74) is 17.5. The molecule has 0 saturated carbocycles. The second-order valence-electron chi connectivity index (χ2n) is 17.1. The summed E-state index contributed by atoms with van der Waals surface area (Å²) >= 11 is 0. The number of hydrogen-bond acceptors (Lipinski definition) is 4. The van der Waals surface area contributed by atoms with Gasteiger partial charge in [0.1, 0.15) is 11.2 Å². The van der Waals surface area contributed by atoms with Crippen molar-refractivity contribution in [1.29, 1.82) is 0 Å². The average Bonchev–Trinajstić information content (AvgIpc) is 4.05. The molecule has 0 amide bonds. The van der Waals surface area contributed by atoms with Crippen molar-refractivity contribution in [2.45, 2.75) is 0 Å². The molecule has 10 aromatic carbocycles. The van der Waals surface area contributed by atoms with Crippen molar-refractivity contribution in [3.05, 3.63) is 218 Å². The molecule has 0 N–H and O–H groups in total. The van der Waals surface area contributed by atoms with Crippen LogP contribution in [0.3, 0.4) is 0 Å². The molecule has 0 unspecified atom stereocenters. The summed E-state index contributed by atoms with van der Waals surface area (Å²) in [6.45, 7) is 0. The summed E-state index contributed by atoms with van der Waals surface area (Å²) in [6, 6.07) is 77.5. The Kier molecular flexibility index (Phi) is 7.91. The van der Waals surface area contributed by atoms with Gasteiger partial charge in [0.15, 0.2) is 11.6 Å². The average molecular weight is 841 g/mol. The van der Waals surface area contributed by atoms with Crippen LogP contribution in [0, 0.1) is 0 Å². The molecular weight excluding hydrogens is 805 g/mol. The van der Waals surface area contributed by atoms with Gasteiger partial charge < -0.3 is 4.42 Å². The molecule has 0 radical (unpaired) electrons. The molecule has 0 spiro atoms. The normalized spacial score (nSPS) is 11.9. The maximum atomic E-state index is 6.26. The Labute approximate surface area is 379 Å². The summed E-state index contributed by atoms with van der Waals surface area (Å²) in [7, 11) is 0. The maximum Gasteiger partial charge on any atom is 0.238 e. The summed E-state index contributed by atoms with van der Waals surface area (Å²) in [5.74, 6) is 1.78. The van der Waals surface area contributed by atoms with Crippen molar-refractivity contribution in [3.63, 3.8) is 0 Å². The smallest absolute Gasteiger partial charge is 0.238 e. The van der Waals surface area contributed by atoms with E-state index in [1.807, 2.05) is 12.1 Å². The number of furan rings is 1. The lowest BCUT2D eigenvalue weighted by Crippen LogP contribution is -2.06. The van der Waals surface area contributed by atoms with Gasteiger partial charge in [0.2, 0.25) is 5.95 Å². The predicted molar refractivity (Wildman–Crippen MR) is 271 cm³/mol. The van der Waals surface area contributed by atoms with Crippen molar-refractivity contribution in [2.75, 3.05) is 0 Å². The van der Waals surface area contributed by atoms with Crippen molar-refractivity contribution < 1.29 is 4.42 Å². The van der Waals surface area contributed by atoms with Crippen molar-refractivity contribution in [3.8, 4) is 84.4 Å². The van der Waals surface area contributed by atoms with E-state index in [0.29, 0.717) is 17.6 Å². The van der Waals surface area contributed by atoms with Crippen molar-refractivity contribution >= 4 is 54.5 Å². The number of hydrogen-bond donors (Lipinski definition) is 0. The van der Waals surface area contributed by atoms with Crippen molar-refractivity contribution in [1.82, 2.24) is 19.5 Å². The van der Waals surface area contributed by atoms with Gasteiger partial charge in [0.05, 0.1) is 11.0 Å². The highest BCUT2D eigenvalue weighted by molar-refractivity contribution is 6.21. The molecule has 0 saturated heterocycles. The van der Waals surface area contributed by atoms with E-state index in [0.717, 1.165) is 71.4 Å². The van der Waals surface area contributed by atoms with E-state index in [1.54, 1.807) is 0 Å². The van der Waals surface area contributed by atoms with Crippen LogP contribution in [-0.4, -0.2) is 19.5 Å². The third-order valence-corrected chi connectivity index (χ3v) is 13.4. The first-order chi connectivity index (χ1) is 32.7. The van der Waals surface area contributed by atoms with Crippen LogP contribution in [-0.2, 0) is 0 Å². The Morgan fingerprint density at radius 1 is 0.303 bits per heavy atom. The van der Waals surface area contributed by atoms with Crippen LogP contribution in [0.4, 0.5) is 0 Å². The Morgan fingerprint density at radius 2 is 0.879 bits per heavy atom. The molecular formula is C61H36N4O. The van der Waals surface area contributed by atoms with Gasteiger partial charge in [0, 0.05) is 32.7 Å². The van der Waals surface area contributed by atoms with Crippen molar-refractivity contribution in [2.24, 2.45) is 0 Å². The summed E-state index contributed by atoms with van der Waals surface area (Å²) < 4.78 is 8.44. The van der Waals surface area contributed by atoms with Gasteiger partial charge in [-0.05, 0) is 115 Å². The second-order valence-corrected chi connectivity index (χ2v) is 17.1. The minimum atomic E-state index is 0.567. The lowest BCUT2D eigenvalue weighted by Gasteiger charge is -2.14. The summed E-state index contributed by atoms with van der Waals surface area (Å²) in [4.78, 5) is 16.1. The quantitative estimate of drug-likeness (QED) is 0.167. The molecule has 3 aromatic heterocycles. The summed E-state index contributed by atoms with van der Waals surface area (Å²) in [5, 5.41) is 6.84. The fourth-order valence-electron chi connectivity index (χ4n) is 10.4. The first kappa shape index (κ1) is 36.5. The maximum absolute atomic E-state index is 6.26. The molecule has 306 valence electrons. The minimum Gasteiger partial charge on any atom is -0.456 e. The largest absolute Gasteiger partial charge is 0.456 e. The second kappa shape index (κ2) is 14.3. The summed E-state index contributed by atoms with van der Waals surface area (Å²) in [6.07, 6.45) is 0.